The topological polar surface area (TPSA) is 0 Å². The molecule has 0 aromatic heterocycles. The molecule has 58 valence electrons. The first-order chi connectivity index (χ1) is 4.91. The van der Waals surface area contributed by atoms with E-state index in [-0.39, 0.29) is 0 Å². The fraction of sp³-hybridized carbons (Fsp3) is 1.00. The van der Waals surface area contributed by atoms with Crippen LogP contribution in [-0.4, -0.2) is 0 Å². The van der Waals surface area contributed by atoms with Gasteiger partial charge in [0.05, 0.1) is 0 Å². The van der Waals surface area contributed by atoms with E-state index in [1.54, 1.807) is 25.7 Å². The quantitative estimate of drug-likeness (QED) is 0.480. The molecule has 0 amide bonds. The van der Waals surface area contributed by atoms with Crippen LogP contribution in [0.25, 0.3) is 0 Å². The van der Waals surface area contributed by atoms with Gasteiger partial charge in [-0.1, -0.05) is 32.1 Å². The summed E-state index contributed by atoms with van der Waals surface area (Å²) in [5, 5.41) is 0. The van der Waals surface area contributed by atoms with Gasteiger partial charge in [-0.15, -0.1) is 0 Å². The first-order valence-electron chi connectivity index (χ1n) is 4.91. The minimum atomic E-state index is 0.873. The Hall–Kier alpha value is 0. The summed E-state index contributed by atoms with van der Waals surface area (Å²) >= 11 is 0. The van der Waals surface area contributed by atoms with Crippen molar-refractivity contribution >= 4 is 0 Å². The Bertz CT molecular complexity index is 101. The van der Waals surface area contributed by atoms with E-state index in [2.05, 4.69) is 0 Å². The lowest BCUT2D eigenvalue weighted by Gasteiger charge is -2.32. The maximum absolute atomic E-state index is 1.56. The van der Waals surface area contributed by atoms with Crippen molar-refractivity contribution in [3.8, 4) is 0 Å². The molecule has 0 radical (unpaired) electrons. The summed E-state index contributed by atoms with van der Waals surface area (Å²) < 4.78 is 0. The minimum absolute atomic E-state index is 0.873. The summed E-state index contributed by atoms with van der Waals surface area (Å²) in [5.74, 6) is 0. The molecule has 2 saturated carbocycles. The van der Waals surface area contributed by atoms with E-state index < -0.39 is 0 Å². The Kier molecular flexibility index (Phi) is 1.71. The third-order valence-corrected chi connectivity index (χ3v) is 3.58. The van der Waals surface area contributed by atoms with E-state index in [4.69, 9.17) is 0 Å². The maximum Gasteiger partial charge on any atom is -0.0297 e. The second-order valence-electron chi connectivity index (χ2n) is 4.27. The predicted molar refractivity (Wildman–Crippen MR) is 44.0 cm³/mol. The first-order valence-corrected chi connectivity index (χ1v) is 4.91. The fourth-order valence-electron chi connectivity index (χ4n) is 2.93. The van der Waals surface area contributed by atoms with E-state index in [9.17, 15) is 0 Å². The van der Waals surface area contributed by atoms with Gasteiger partial charge in [-0.25, -0.2) is 0 Å². The molecule has 0 saturated heterocycles. The molecule has 0 heterocycles. The van der Waals surface area contributed by atoms with Crippen LogP contribution in [0.15, 0.2) is 0 Å². The number of rotatable bonds is 0. The Labute approximate surface area is 64.0 Å². The molecule has 0 heteroatoms. The van der Waals surface area contributed by atoms with Crippen molar-refractivity contribution < 1.29 is 0 Å². The molecular weight excluding hydrogens is 120 g/mol. The zero-order valence-electron chi connectivity index (χ0n) is 6.86. The van der Waals surface area contributed by atoms with Crippen molar-refractivity contribution in [1.82, 2.24) is 0 Å². The molecule has 2 aliphatic rings. The molecular formula is C10H18. The minimum Gasteiger partial charge on any atom is -0.0533 e. The van der Waals surface area contributed by atoms with Crippen molar-refractivity contribution in [2.24, 2.45) is 5.41 Å². The average Bonchev–Trinajstić information content (AvgIpc) is 2.39. The van der Waals surface area contributed by atoms with Crippen molar-refractivity contribution in [1.29, 1.82) is 0 Å². The largest absolute Gasteiger partial charge is 0.0533 e. The second-order valence-corrected chi connectivity index (χ2v) is 4.27. The van der Waals surface area contributed by atoms with Gasteiger partial charge in [-0.2, -0.15) is 0 Å². The van der Waals surface area contributed by atoms with Crippen LogP contribution >= 0.6 is 0 Å². The molecule has 1 spiro atoms. The van der Waals surface area contributed by atoms with Gasteiger partial charge in [0.2, 0.25) is 0 Å². The summed E-state index contributed by atoms with van der Waals surface area (Å²) in [6.07, 6.45) is 13.9. The molecule has 0 bridgehead atoms. The van der Waals surface area contributed by atoms with E-state index in [0.29, 0.717) is 0 Å². The molecule has 0 aromatic carbocycles. The average molecular weight is 138 g/mol. The normalized spacial score (nSPS) is 31.2. The van der Waals surface area contributed by atoms with Crippen LogP contribution in [0, 0.1) is 5.41 Å². The van der Waals surface area contributed by atoms with E-state index in [0.717, 1.165) is 5.41 Å². The van der Waals surface area contributed by atoms with Gasteiger partial charge in [0.25, 0.3) is 0 Å². The van der Waals surface area contributed by atoms with Gasteiger partial charge in [-0.3, -0.25) is 0 Å². The Morgan fingerprint density at radius 1 is 0.500 bits per heavy atom. The number of hydrogen-bond donors (Lipinski definition) is 0. The zero-order valence-corrected chi connectivity index (χ0v) is 6.86. The van der Waals surface area contributed by atoms with Crippen LogP contribution in [0.1, 0.15) is 57.8 Å². The maximum atomic E-state index is 1.56. The zero-order chi connectivity index (χ0) is 6.86. The number of hydrogen-bond acceptors (Lipinski definition) is 0. The van der Waals surface area contributed by atoms with Gasteiger partial charge in [0.1, 0.15) is 0 Å². The first kappa shape index (κ1) is 6.69. The molecule has 2 rings (SSSR count). The highest BCUT2D eigenvalue weighted by atomic mass is 14.4. The van der Waals surface area contributed by atoms with E-state index >= 15 is 0 Å². The summed E-state index contributed by atoms with van der Waals surface area (Å²) in [6, 6.07) is 0. The lowest BCUT2D eigenvalue weighted by Crippen LogP contribution is -2.19. The van der Waals surface area contributed by atoms with E-state index in [1.165, 1.54) is 32.1 Å². The standard InChI is InChI=1S/C10H18/c1-2-6-10(7-3-1)8-4-5-9-10/h1-9H2. The molecule has 0 N–H and O–H groups in total. The Morgan fingerprint density at radius 2 is 0.900 bits per heavy atom. The monoisotopic (exact) mass is 138 g/mol. The second kappa shape index (κ2) is 2.56. The van der Waals surface area contributed by atoms with Gasteiger partial charge < -0.3 is 0 Å². The molecule has 0 aliphatic heterocycles. The molecule has 2 fully saturated rings. The molecule has 0 nitrogen and oxygen atoms in total. The third kappa shape index (κ3) is 1.09. The highest BCUT2D eigenvalue weighted by Gasteiger charge is 2.34. The Balaban J connectivity index is 1.98. The SMILES string of the molecule is C1CCC2(CC1)CCCC2. The van der Waals surface area contributed by atoms with Crippen molar-refractivity contribution in [2.75, 3.05) is 0 Å². The highest BCUT2D eigenvalue weighted by molar-refractivity contribution is 4.86. The van der Waals surface area contributed by atoms with Gasteiger partial charge in [0.15, 0.2) is 0 Å². The molecule has 0 aromatic rings. The van der Waals surface area contributed by atoms with Gasteiger partial charge in [-0.05, 0) is 31.1 Å². The predicted octanol–water partition coefficient (Wildman–Crippen LogP) is 3.51. The Morgan fingerprint density at radius 3 is 1.40 bits per heavy atom. The van der Waals surface area contributed by atoms with Crippen LogP contribution < -0.4 is 0 Å². The lowest BCUT2D eigenvalue weighted by molar-refractivity contribution is 0.197. The van der Waals surface area contributed by atoms with Crippen molar-refractivity contribution in [3.05, 3.63) is 0 Å². The fourth-order valence-corrected chi connectivity index (χ4v) is 2.93. The van der Waals surface area contributed by atoms with Crippen LogP contribution in [-0.2, 0) is 0 Å². The molecule has 2 aliphatic carbocycles. The smallest absolute Gasteiger partial charge is 0.0297 e. The summed E-state index contributed by atoms with van der Waals surface area (Å²) in [7, 11) is 0. The molecule has 0 atom stereocenters. The van der Waals surface area contributed by atoms with Gasteiger partial charge in [0, 0.05) is 0 Å². The van der Waals surface area contributed by atoms with Gasteiger partial charge >= 0.3 is 0 Å². The summed E-state index contributed by atoms with van der Waals surface area (Å²) in [5.41, 5.74) is 0.873. The van der Waals surface area contributed by atoms with Crippen LogP contribution in [0.5, 0.6) is 0 Å². The summed E-state index contributed by atoms with van der Waals surface area (Å²) in [4.78, 5) is 0. The third-order valence-electron chi connectivity index (χ3n) is 3.58. The highest BCUT2D eigenvalue weighted by Crippen LogP contribution is 2.48. The van der Waals surface area contributed by atoms with Crippen LogP contribution in [0.4, 0.5) is 0 Å². The molecule has 10 heavy (non-hydrogen) atoms. The van der Waals surface area contributed by atoms with E-state index in [1.807, 2.05) is 0 Å². The van der Waals surface area contributed by atoms with Crippen LogP contribution in [0.3, 0.4) is 0 Å². The van der Waals surface area contributed by atoms with Crippen molar-refractivity contribution in [3.63, 3.8) is 0 Å². The van der Waals surface area contributed by atoms with Crippen LogP contribution in [0.2, 0.25) is 0 Å². The summed E-state index contributed by atoms with van der Waals surface area (Å²) in [6.45, 7) is 0. The lowest BCUT2D eigenvalue weighted by atomic mass is 9.73. The van der Waals surface area contributed by atoms with Crippen molar-refractivity contribution in [2.45, 2.75) is 57.8 Å². The molecule has 0 unspecified atom stereocenters.